The average molecular weight is 479 g/mol. The van der Waals surface area contributed by atoms with Crippen LogP contribution in [0.3, 0.4) is 0 Å². The molecule has 3 N–H and O–H groups in total. The number of piperidine rings is 1. The van der Waals surface area contributed by atoms with Gasteiger partial charge in [0.2, 0.25) is 5.95 Å². The third-order valence-electron chi connectivity index (χ3n) is 6.89. The molecule has 2 aliphatic rings. The lowest BCUT2D eigenvalue weighted by molar-refractivity contribution is -0.186. The maximum Gasteiger partial charge on any atom is 0.278 e. The first-order valence-corrected chi connectivity index (χ1v) is 12.6. The Bertz CT molecular complexity index is 1120. The number of anilines is 1. The Hall–Kier alpha value is -3.01. The summed E-state index contributed by atoms with van der Waals surface area (Å²) in [7, 11) is 0. The highest BCUT2D eigenvalue weighted by molar-refractivity contribution is 5.92. The van der Waals surface area contributed by atoms with Crippen LogP contribution in [0.2, 0.25) is 0 Å². The van der Waals surface area contributed by atoms with Gasteiger partial charge in [-0.2, -0.15) is 0 Å². The number of hydrogen-bond acceptors (Lipinski definition) is 7. The fraction of sp³-hybridized carbons (Fsp3) is 0.500. The van der Waals surface area contributed by atoms with Gasteiger partial charge in [-0.25, -0.2) is 20.3 Å². The van der Waals surface area contributed by atoms with Gasteiger partial charge in [-0.1, -0.05) is 11.6 Å². The molecular formula is C26H34N6O3. The number of hydroxylamine groups is 1. The molecule has 2 saturated heterocycles. The second kappa shape index (κ2) is 11.2. The molecule has 0 aliphatic carbocycles. The van der Waals surface area contributed by atoms with Crippen molar-refractivity contribution in [3.05, 3.63) is 53.5 Å². The normalized spacial score (nSPS) is 19.2. The van der Waals surface area contributed by atoms with Gasteiger partial charge < -0.3 is 19.9 Å². The van der Waals surface area contributed by atoms with E-state index in [1.807, 2.05) is 0 Å². The predicted octanol–water partition coefficient (Wildman–Crippen LogP) is 3.46. The van der Waals surface area contributed by atoms with Crippen LogP contribution in [-0.2, 0) is 16.1 Å². The maximum absolute atomic E-state index is 12.3. The van der Waals surface area contributed by atoms with E-state index in [4.69, 9.17) is 9.57 Å². The molecule has 1 amide bonds. The minimum atomic E-state index is -0.379. The van der Waals surface area contributed by atoms with Crippen molar-refractivity contribution in [1.82, 2.24) is 25.7 Å². The van der Waals surface area contributed by atoms with Gasteiger partial charge in [-0.05, 0) is 62.8 Å². The SMILES string of the molecule is Cc1ccc2[nH]cc(CNCC3CCN(c4ncc(C(=O)NOC5CCCCO5)cn4)CC3)c2c1. The number of rotatable bonds is 8. The zero-order valence-corrected chi connectivity index (χ0v) is 20.3. The molecule has 3 aromatic rings. The molecule has 0 radical (unpaired) electrons. The number of amides is 1. The van der Waals surface area contributed by atoms with E-state index in [0.29, 0.717) is 24.0 Å². The maximum atomic E-state index is 12.3. The first-order chi connectivity index (χ1) is 17.2. The third kappa shape index (κ3) is 5.98. The van der Waals surface area contributed by atoms with Crippen LogP contribution >= 0.6 is 0 Å². The Labute approximate surface area is 205 Å². The first-order valence-electron chi connectivity index (χ1n) is 12.6. The molecule has 9 heteroatoms. The molecule has 1 aromatic carbocycles. The van der Waals surface area contributed by atoms with Crippen molar-refractivity contribution < 1.29 is 14.4 Å². The van der Waals surface area contributed by atoms with Crippen molar-refractivity contribution in [2.24, 2.45) is 5.92 Å². The Morgan fingerprint density at radius 1 is 1.20 bits per heavy atom. The van der Waals surface area contributed by atoms with Crippen LogP contribution in [0.15, 0.2) is 36.8 Å². The van der Waals surface area contributed by atoms with Crippen LogP contribution in [0.5, 0.6) is 0 Å². The minimum Gasteiger partial charge on any atom is -0.361 e. The van der Waals surface area contributed by atoms with Gasteiger partial charge in [0.25, 0.3) is 5.91 Å². The monoisotopic (exact) mass is 478 g/mol. The molecule has 35 heavy (non-hydrogen) atoms. The number of carbonyl (C=O) groups excluding carboxylic acids is 1. The second-order valence-corrected chi connectivity index (χ2v) is 9.54. The van der Waals surface area contributed by atoms with E-state index in [9.17, 15) is 4.79 Å². The first kappa shape index (κ1) is 23.7. The number of aromatic amines is 1. The third-order valence-corrected chi connectivity index (χ3v) is 6.89. The van der Waals surface area contributed by atoms with Gasteiger partial charge >= 0.3 is 0 Å². The molecule has 2 fully saturated rings. The Morgan fingerprint density at radius 3 is 2.80 bits per heavy atom. The van der Waals surface area contributed by atoms with Crippen LogP contribution in [0.1, 0.15) is 53.6 Å². The molecule has 2 aromatic heterocycles. The number of fused-ring (bicyclic) bond motifs is 1. The summed E-state index contributed by atoms with van der Waals surface area (Å²) in [5.74, 6) is 0.932. The van der Waals surface area contributed by atoms with E-state index >= 15 is 0 Å². The summed E-state index contributed by atoms with van der Waals surface area (Å²) >= 11 is 0. The van der Waals surface area contributed by atoms with Crippen molar-refractivity contribution in [2.75, 3.05) is 31.1 Å². The molecule has 186 valence electrons. The molecule has 1 unspecified atom stereocenters. The lowest BCUT2D eigenvalue weighted by Gasteiger charge is -2.32. The van der Waals surface area contributed by atoms with E-state index in [1.54, 1.807) is 12.4 Å². The lowest BCUT2D eigenvalue weighted by atomic mass is 9.97. The number of aryl methyl sites for hydroxylation is 1. The second-order valence-electron chi connectivity index (χ2n) is 9.54. The number of benzene rings is 1. The highest BCUT2D eigenvalue weighted by atomic mass is 16.8. The quantitative estimate of drug-likeness (QED) is 0.426. The minimum absolute atomic E-state index is 0.360. The van der Waals surface area contributed by atoms with Crippen molar-refractivity contribution >= 4 is 22.8 Å². The number of H-pyrrole nitrogens is 1. The molecule has 5 rings (SSSR count). The number of nitrogens with zero attached hydrogens (tertiary/aromatic N) is 3. The fourth-order valence-corrected chi connectivity index (χ4v) is 4.77. The highest BCUT2D eigenvalue weighted by Crippen LogP contribution is 2.22. The molecule has 2 aliphatic heterocycles. The summed E-state index contributed by atoms with van der Waals surface area (Å²) in [5.41, 5.74) is 6.61. The molecule has 4 heterocycles. The summed E-state index contributed by atoms with van der Waals surface area (Å²) < 4.78 is 5.46. The van der Waals surface area contributed by atoms with Crippen LogP contribution in [0, 0.1) is 12.8 Å². The van der Waals surface area contributed by atoms with E-state index in [-0.39, 0.29) is 12.2 Å². The van der Waals surface area contributed by atoms with Crippen molar-refractivity contribution in [2.45, 2.75) is 51.9 Å². The van der Waals surface area contributed by atoms with Gasteiger partial charge in [0.1, 0.15) is 0 Å². The predicted molar refractivity (Wildman–Crippen MR) is 134 cm³/mol. The number of hydrogen-bond donors (Lipinski definition) is 3. The number of aromatic nitrogens is 3. The Balaban J connectivity index is 1.05. The van der Waals surface area contributed by atoms with E-state index in [0.717, 1.165) is 58.3 Å². The molecule has 0 bridgehead atoms. The summed E-state index contributed by atoms with van der Waals surface area (Å²) in [6, 6.07) is 6.53. The van der Waals surface area contributed by atoms with E-state index in [2.05, 4.69) is 62.0 Å². The average Bonchev–Trinajstić information content (AvgIpc) is 3.30. The summed E-state index contributed by atoms with van der Waals surface area (Å²) in [4.78, 5) is 32.0. The van der Waals surface area contributed by atoms with Crippen LogP contribution < -0.4 is 15.7 Å². The molecule has 9 nitrogen and oxygen atoms in total. The number of ether oxygens (including phenoxy) is 1. The van der Waals surface area contributed by atoms with Gasteiger partial charge in [0.05, 0.1) is 5.56 Å². The summed E-state index contributed by atoms with van der Waals surface area (Å²) in [5, 5.41) is 4.95. The highest BCUT2D eigenvalue weighted by Gasteiger charge is 2.22. The molecule has 0 saturated carbocycles. The lowest BCUT2D eigenvalue weighted by Crippen LogP contribution is -2.38. The van der Waals surface area contributed by atoms with Crippen LogP contribution in [-0.4, -0.2) is 53.4 Å². The van der Waals surface area contributed by atoms with E-state index in [1.165, 1.54) is 22.0 Å². The van der Waals surface area contributed by atoms with E-state index < -0.39 is 0 Å². The largest absolute Gasteiger partial charge is 0.361 e. The zero-order valence-electron chi connectivity index (χ0n) is 20.3. The van der Waals surface area contributed by atoms with Crippen molar-refractivity contribution in [1.29, 1.82) is 0 Å². The van der Waals surface area contributed by atoms with Crippen molar-refractivity contribution in [3.8, 4) is 0 Å². The number of nitrogens with one attached hydrogen (secondary N) is 3. The van der Waals surface area contributed by atoms with Crippen LogP contribution in [0.25, 0.3) is 10.9 Å². The van der Waals surface area contributed by atoms with Gasteiger partial charge in [0, 0.05) is 62.2 Å². The van der Waals surface area contributed by atoms with Gasteiger partial charge in [0.15, 0.2) is 6.29 Å². The molecular weight excluding hydrogens is 444 g/mol. The zero-order chi connectivity index (χ0) is 24.0. The standard InChI is InChI=1S/C26H34N6O3/c1-18-5-6-23-22(12-18)20(15-28-23)14-27-13-19-7-9-32(10-8-19)26-29-16-21(17-30-26)25(33)31-35-24-4-2-3-11-34-24/h5-6,12,15-17,19,24,27-28H,2-4,7-11,13-14H2,1H3,(H,31,33). The summed E-state index contributed by atoms with van der Waals surface area (Å²) in [6.45, 7) is 6.48. The summed E-state index contributed by atoms with van der Waals surface area (Å²) in [6.07, 6.45) is 9.85. The molecule has 0 spiro atoms. The topological polar surface area (TPSA) is 104 Å². The number of carbonyl (C=O) groups is 1. The Kier molecular flexibility index (Phi) is 7.56. The van der Waals surface area contributed by atoms with Gasteiger partial charge in [-0.15, -0.1) is 0 Å². The van der Waals surface area contributed by atoms with Crippen LogP contribution in [0.4, 0.5) is 5.95 Å². The molecule has 1 atom stereocenters. The smallest absolute Gasteiger partial charge is 0.278 e. The van der Waals surface area contributed by atoms with Crippen molar-refractivity contribution in [3.63, 3.8) is 0 Å². The Morgan fingerprint density at radius 2 is 2.03 bits per heavy atom. The fourth-order valence-electron chi connectivity index (χ4n) is 4.77. The van der Waals surface area contributed by atoms with Gasteiger partial charge in [-0.3, -0.25) is 4.79 Å².